The van der Waals surface area contributed by atoms with Crippen molar-refractivity contribution in [2.24, 2.45) is 0 Å². The fraction of sp³-hybridized carbons (Fsp3) is 0.500. The molecule has 6 heteroatoms. The van der Waals surface area contributed by atoms with Crippen molar-refractivity contribution in [2.45, 2.75) is 17.7 Å². The predicted octanol–water partition coefficient (Wildman–Crippen LogP) is 1.32. The zero-order valence-corrected chi connectivity index (χ0v) is 12.8. The fourth-order valence-electron chi connectivity index (χ4n) is 2.92. The number of sulfone groups is 1. The molecule has 4 nitrogen and oxygen atoms in total. The van der Waals surface area contributed by atoms with Crippen LogP contribution in [0.25, 0.3) is 0 Å². The van der Waals surface area contributed by atoms with Gasteiger partial charge in [-0.15, -0.1) is 11.8 Å². The van der Waals surface area contributed by atoms with Crippen LogP contribution in [0.1, 0.15) is 12.0 Å². The molecule has 2 saturated heterocycles. The van der Waals surface area contributed by atoms with E-state index >= 15 is 0 Å². The Morgan fingerprint density at radius 1 is 1.25 bits per heavy atom. The molecule has 0 saturated carbocycles. The highest BCUT2D eigenvalue weighted by molar-refractivity contribution is 8.03. The van der Waals surface area contributed by atoms with E-state index in [1.54, 1.807) is 4.90 Å². The molecule has 3 rings (SSSR count). The summed E-state index contributed by atoms with van der Waals surface area (Å²) in [5.74, 6) is 0.799. The second-order valence-corrected chi connectivity index (χ2v) is 8.88. The Hall–Kier alpha value is -1.01. The van der Waals surface area contributed by atoms with Crippen molar-refractivity contribution >= 4 is 27.5 Å². The van der Waals surface area contributed by atoms with E-state index in [1.165, 1.54) is 17.3 Å². The lowest BCUT2D eigenvalue weighted by atomic mass is 10.1. The topological polar surface area (TPSA) is 54.5 Å². The minimum absolute atomic E-state index is 0.0723. The number of nitrogens with zero attached hydrogens (tertiary/aromatic N) is 1. The maximum absolute atomic E-state index is 12.1. The monoisotopic (exact) mass is 311 g/mol. The third-order valence-corrected chi connectivity index (χ3v) is 7.40. The fourth-order valence-corrected chi connectivity index (χ4v) is 6.85. The predicted molar refractivity (Wildman–Crippen MR) is 80.3 cm³/mol. The Balaban J connectivity index is 1.75. The molecule has 2 aliphatic rings. The first kappa shape index (κ1) is 13.9. The summed E-state index contributed by atoms with van der Waals surface area (Å²) in [6.07, 6.45) is 1.34. The van der Waals surface area contributed by atoms with E-state index in [0.717, 1.165) is 6.42 Å². The van der Waals surface area contributed by atoms with Crippen LogP contribution in [0.3, 0.4) is 0 Å². The third-order valence-electron chi connectivity index (χ3n) is 3.97. The average molecular weight is 311 g/mol. The van der Waals surface area contributed by atoms with Crippen LogP contribution >= 0.6 is 11.8 Å². The van der Waals surface area contributed by atoms with Gasteiger partial charge >= 0.3 is 0 Å². The van der Waals surface area contributed by atoms with Crippen LogP contribution in [0.2, 0.25) is 0 Å². The molecule has 2 fully saturated rings. The van der Waals surface area contributed by atoms with E-state index in [4.69, 9.17) is 0 Å². The molecular formula is C14H17NO3S2. The summed E-state index contributed by atoms with van der Waals surface area (Å²) in [5.41, 5.74) is 1.17. The van der Waals surface area contributed by atoms with Gasteiger partial charge in [-0.25, -0.2) is 8.42 Å². The van der Waals surface area contributed by atoms with Gasteiger partial charge in [0.25, 0.3) is 0 Å². The van der Waals surface area contributed by atoms with Gasteiger partial charge in [0.1, 0.15) is 4.87 Å². The summed E-state index contributed by atoms with van der Waals surface area (Å²) < 4.78 is 23.5. The SMILES string of the molecule is O=C1CSC2(CCS(=O)(=O)C2)N1CCc1ccccc1. The first-order valence-electron chi connectivity index (χ1n) is 6.70. The van der Waals surface area contributed by atoms with E-state index in [0.29, 0.717) is 18.7 Å². The Bertz CT molecular complexity index is 615. The van der Waals surface area contributed by atoms with E-state index in [2.05, 4.69) is 0 Å². The van der Waals surface area contributed by atoms with Crippen molar-refractivity contribution < 1.29 is 13.2 Å². The van der Waals surface area contributed by atoms with Crippen LogP contribution in [0.5, 0.6) is 0 Å². The zero-order chi connectivity index (χ0) is 14.2. The summed E-state index contributed by atoms with van der Waals surface area (Å²) in [4.78, 5) is 13.4. The van der Waals surface area contributed by atoms with Gasteiger partial charge in [-0.2, -0.15) is 0 Å². The molecule has 0 bridgehead atoms. The number of carbonyl (C=O) groups excluding carboxylic acids is 1. The van der Waals surface area contributed by atoms with E-state index in [1.807, 2.05) is 30.3 Å². The minimum atomic E-state index is -2.99. The van der Waals surface area contributed by atoms with Gasteiger partial charge in [-0.1, -0.05) is 30.3 Å². The van der Waals surface area contributed by atoms with Crippen LogP contribution in [0, 0.1) is 0 Å². The van der Waals surface area contributed by atoms with Crippen LogP contribution in [0.15, 0.2) is 30.3 Å². The number of rotatable bonds is 3. The molecule has 1 unspecified atom stereocenters. The van der Waals surface area contributed by atoms with Crippen molar-refractivity contribution in [1.82, 2.24) is 4.90 Å². The third kappa shape index (κ3) is 2.59. The van der Waals surface area contributed by atoms with Crippen molar-refractivity contribution in [3.63, 3.8) is 0 Å². The van der Waals surface area contributed by atoms with Gasteiger partial charge in [0.2, 0.25) is 5.91 Å². The highest BCUT2D eigenvalue weighted by atomic mass is 32.2. The van der Waals surface area contributed by atoms with Gasteiger partial charge in [0, 0.05) is 6.54 Å². The number of amides is 1. The summed E-state index contributed by atoms with van der Waals surface area (Å²) in [6.45, 7) is 0.603. The summed E-state index contributed by atoms with van der Waals surface area (Å²) >= 11 is 1.50. The highest BCUT2D eigenvalue weighted by Crippen LogP contribution is 2.44. The van der Waals surface area contributed by atoms with Crippen LogP contribution < -0.4 is 0 Å². The first-order chi connectivity index (χ1) is 9.51. The van der Waals surface area contributed by atoms with Gasteiger partial charge in [0.05, 0.1) is 17.3 Å². The lowest BCUT2D eigenvalue weighted by molar-refractivity contribution is -0.129. The first-order valence-corrected chi connectivity index (χ1v) is 9.50. The van der Waals surface area contributed by atoms with E-state index in [-0.39, 0.29) is 17.4 Å². The molecule has 2 aliphatic heterocycles. The normalized spacial score (nSPS) is 28.4. The summed E-state index contributed by atoms with van der Waals surface area (Å²) in [6, 6.07) is 9.99. The number of hydrogen-bond acceptors (Lipinski definition) is 4. The molecule has 0 aliphatic carbocycles. The highest BCUT2D eigenvalue weighted by Gasteiger charge is 2.52. The molecule has 1 spiro atoms. The number of benzene rings is 1. The standard InChI is InChI=1S/C14H17NO3S2/c16-13-10-19-14(7-9-20(17,18)11-14)15(13)8-6-12-4-2-1-3-5-12/h1-5H,6-11H2. The molecule has 1 atom stereocenters. The van der Waals surface area contributed by atoms with Gasteiger partial charge in [0.15, 0.2) is 9.84 Å². The lowest BCUT2D eigenvalue weighted by Gasteiger charge is -2.33. The second kappa shape index (κ2) is 5.07. The molecule has 1 amide bonds. The van der Waals surface area contributed by atoms with E-state index < -0.39 is 14.7 Å². The molecular weight excluding hydrogens is 294 g/mol. The summed E-state index contributed by atoms with van der Waals surface area (Å²) in [7, 11) is -2.99. The molecule has 0 N–H and O–H groups in total. The Morgan fingerprint density at radius 2 is 2.00 bits per heavy atom. The number of thioether (sulfide) groups is 1. The van der Waals surface area contributed by atoms with Gasteiger partial charge in [-0.05, 0) is 18.4 Å². The maximum Gasteiger partial charge on any atom is 0.233 e. The van der Waals surface area contributed by atoms with Crippen molar-refractivity contribution in [3.05, 3.63) is 35.9 Å². The Labute approximate surface area is 123 Å². The largest absolute Gasteiger partial charge is 0.326 e. The summed E-state index contributed by atoms with van der Waals surface area (Å²) in [5, 5.41) is 0. The lowest BCUT2D eigenvalue weighted by Crippen LogP contribution is -2.46. The molecule has 2 heterocycles. The Kier molecular flexibility index (Phi) is 3.54. The van der Waals surface area contributed by atoms with Crippen LogP contribution in [-0.4, -0.2) is 47.9 Å². The van der Waals surface area contributed by atoms with Crippen molar-refractivity contribution in [1.29, 1.82) is 0 Å². The van der Waals surface area contributed by atoms with Gasteiger partial charge in [-0.3, -0.25) is 4.79 Å². The number of carbonyl (C=O) groups is 1. The molecule has 1 aromatic rings. The van der Waals surface area contributed by atoms with Gasteiger partial charge < -0.3 is 4.90 Å². The second-order valence-electron chi connectivity index (χ2n) is 5.36. The van der Waals surface area contributed by atoms with Crippen molar-refractivity contribution in [2.75, 3.05) is 23.8 Å². The molecule has 108 valence electrons. The minimum Gasteiger partial charge on any atom is -0.326 e. The van der Waals surface area contributed by atoms with Crippen LogP contribution in [0.4, 0.5) is 0 Å². The van der Waals surface area contributed by atoms with Crippen molar-refractivity contribution in [3.8, 4) is 0 Å². The number of hydrogen-bond donors (Lipinski definition) is 0. The Morgan fingerprint density at radius 3 is 2.65 bits per heavy atom. The molecule has 0 radical (unpaired) electrons. The smallest absolute Gasteiger partial charge is 0.233 e. The molecule has 0 aromatic heterocycles. The van der Waals surface area contributed by atoms with E-state index in [9.17, 15) is 13.2 Å². The maximum atomic E-state index is 12.1. The molecule has 1 aromatic carbocycles. The molecule has 20 heavy (non-hydrogen) atoms. The quantitative estimate of drug-likeness (QED) is 0.845. The van der Waals surface area contributed by atoms with Crippen LogP contribution in [-0.2, 0) is 21.1 Å². The zero-order valence-electron chi connectivity index (χ0n) is 11.1. The average Bonchev–Trinajstić information content (AvgIpc) is 2.89.